The van der Waals surface area contributed by atoms with Crippen LogP contribution in [-0.2, 0) is 10.2 Å². The van der Waals surface area contributed by atoms with Gasteiger partial charge in [0.25, 0.3) is 0 Å². The smallest absolute Gasteiger partial charge is 0.237 e. The second-order valence-corrected chi connectivity index (χ2v) is 10.7. The number of ether oxygens (including phenoxy) is 1. The molecule has 0 N–H and O–H groups in total. The van der Waals surface area contributed by atoms with Crippen LogP contribution in [0.15, 0.2) is 42.7 Å². The number of piperidine rings is 1. The third kappa shape index (κ3) is 4.96. The number of rotatable bonds is 10. The van der Waals surface area contributed by atoms with Crippen LogP contribution in [0.1, 0.15) is 70.8 Å². The molecule has 0 unspecified atom stereocenters. The van der Waals surface area contributed by atoms with E-state index >= 15 is 0 Å². The minimum Gasteiger partial charge on any atom is -0.478 e. The van der Waals surface area contributed by atoms with E-state index in [1.54, 1.807) is 0 Å². The van der Waals surface area contributed by atoms with Gasteiger partial charge < -0.3 is 14.5 Å². The Kier molecular flexibility index (Phi) is 7.75. The summed E-state index contributed by atoms with van der Waals surface area (Å²) in [5, 5.41) is 1.08. The van der Waals surface area contributed by atoms with Crippen molar-refractivity contribution in [2.45, 2.75) is 70.6 Å². The summed E-state index contributed by atoms with van der Waals surface area (Å²) < 4.78 is 5.93. The maximum atomic E-state index is 13.6. The number of hydrogen-bond acceptors (Lipinski definition) is 5. The number of carbonyl (C=O) groups excluding carboxylic acids is 1. The molecule has 6 heteroatoms. The zero-order valence-corrected chi connectivity index (χ0v) is 22.6. The van der Waals surface area contributed by atoms with Gasteiger partial charge in [-0.3, -0.25) is 9.78 Å². The molecule has 2 aliphatic rings. The van der Waals surface area contributed by atoms with Crippen LogP contribution in [0.25, 0.3) is 22.0 Å². The lowest BCUT2D eigenvalue weighted by molar-refractivity contribution is -0.123. The predicted molar refractivity (Wildman–Crippen MR) is 150 cm³/mol. The van der Waals surface area contributed by atoms with E-state index in [2.05, 4.69) is 48.0 Å². The molecule has 0 saturated carbocycles. The lowest BCUT2D eigenvalue weighted by Gasteiger charge is -2.28. The third-order valence-electron chi connectivity index (χ3n) is 8.14. The first-order chi connectivity index (χ1) is 18.1. The second-order valence-electron chi connectivity index (χ2n) is 10.7. The molecule has 6 nitrogen and oxygen atoms in total. The molecule has 0 spiro atoms. The summed E-state index contributed by atoms with van der Waals surface area (Å²) in [6.07, 6.45) is 12.4. The zero-order chi connectivity index (χ0) is 25.8. The SMILES string of the molecule is CCCC1(CCC)C(=O)N(C)c2cnc3ccc(-c4ccc(OCCCN5CCCCC5)nc4)cc3c21. The Bertz CT molecular complexity index is 1230. The Morgan fingerprint density at radius 2 is 1.70 bits per heavy atom. The molecule has 0 aliphatic carbocycles. The van der Waals surface area contributed by atoms with Crippen LogP contribution < -0.4 is 9.64 Å². The van der Waals surface area contributed by atoms with Crippen LogP contribution in [0.4, 0.5) is 5.69 Å². The fourth-order valence-corrected chi connectivity index (χ4v) is 6.38. The van der Waals surface area contributed by atoms with Gasteiger partial charge in [-0.05, 0) is 69.0 Å². The molecule has 1 aromatic carbocycles. The molecule has 2 aliphatic heterocycles. The quantitative estimate of drug-likeness (QED) is 0.303. The molecule has 37 heavy (non-hydrogen) atoms. The van der Waals surface area contributed by atoms with Gasteiger partial charge in [0, 0.05) is 42.4 Å². The van der Waals surface area contributed by atoms with Crippen molar-refractivity contribution in [1.82, 2.24) is 14.9 Å². The summed E-state index contributed by atoms with van der Waals surface area (Å²) in [5.41, 5.74) is 4.67. The van der Waals surface area contributed by atoms with Crippen molar-refractivity contribution < 1.29 is 9.53 Å². The molecule has 0 atom stereocenters. The number of pyridine rings is 2. The van der Waals surface area contributed by atoms with E-state index in [1.165, 1.54) is 32.4 Å². The maximum absolute atomic E-state index is 13.6. The van der Waals surface area contributed by atoms with E-state index in [0.29, 0.717) is 12.5 Å². The summed E-state index contributed by atoms with van der Waals surface area (Å²) >= 11 is 0. The molecule has 196 valence electrons. The van der Waals surface area contributed by atoms with Crippen molar-refractivity contribution in [3.8, 4) is 17.0 Å². The highest BCUT2D eigenvalue weighted by molar-refractivity contribution is 6.12. The van der Waals surface area contributed by atoms with E-state index in [1.807, 2.05) is 30.4 Å². The molecule has 1 saturated heterocycles. The van der Waals surface area contributed by atoms with Crippen molar-refractivity contribution in [2.75, 3.05) is 38.2 Å². The second kappa shape index (κ2) is 11.2. The number of amides is 1. The number of carbonyl (C=O) groups is 1. The number of nitrogens with zero attached hydrogens (tertiary/aromatic N) is 4. The Hall–Kier alpha value is -2.99. The van der Waals surface area contributed by atoms with Gasteiger partial charge in [0.1, 0.15) is 0 Å². The molecule has 1 fully saturated rings. The van der Waals surface area contributed by atoms with Crippen LogP contribution in [0.2, 0.25) is 0 Å². The van der Waals surface area contributed by atoms with Gasteiger partial charge in [-0.15, -0.1) is 0 Å². The van der Waals surface area contributed by atoms with Gasteiger partial charge in [-0.1, -0.05) is 39.2 Å². The number of fused-ring (bicyclic) bond motifs is 3. The first kappa shape index (κ1) is 25.7. The molecule has 3 aromatic rings. The highest BCUT2D eigenvalue weighted by Crippen LogP contribution is 2.50. The molecular weight excluding hydrogens is 460 g/mol. The van der Waals surface area contributed by atoms with Crippen LogP contribution >= 0.6 is 0 Å². The molecule has 4 heterocycles. The van der Waals surface area contributed by atoms with E-state index in [0.717, 1.165) is 71.9 Å². The molecule has 0 bridgehead atoms. The lowest BCUT2D eigenvalue weighted by atomic mass is 9.73. The van der Waals surface area contributed by atoms with E-state index in [9.17, 15) is 4.79 Å². The Balaban J connectivity index is 1.37. The van der Waals surface area contributed by atoms with Crippen molar-refractivity contribution >= 4 is 22.5 Å². The van der Waals surface area contributed by atoms with E-state index < -0.39 is 5.41 Å². The van der Waals surface area contributed by atoms with Crippen molar-refractivity contribution in [2.24, 2.45) is 0 Å². The zero-order valence-electron chi connectivity index (χ0n) is 22.6. The minimum absolute atomic E-state index is 0.203. The molecular formula is C31H40N4O2. The fraction of sp³-hybridized carbons (Fsp3) is 0.516. The minimum atomic E-state index is -0.475. The highest BCUT2D eigenvalue weighted by Gasteiger charge is 2.49. The fourth-order valence-electron chi connectivity index (χ4n) is 6.38. The van der Waals surface area contributed by atoms with Crippen molar-refractivity contribution in [1.29, 1.82) is 0 Å². The molecule has 0 radical (unpaired) electrons. The summed E-state index contributed by atoms with van der Waals surface area (Å²) in [7, 11) is 1.89. The van der Waals surface area contributed by atoms with Gasteiger partial charge >= 0.3 is 0 Å². The molecule has 1 amide bonds. The predicted octanol–water partition coefficient (Wildman–Crippen LogP) is 6.37. The Labute approximate surface area is 221 Å². The number of likely N-dealkylation sites (tertiary alicyclic amines) is 1. The van der Waals surface area contributed by atoms with Gasteiger partial charge in [-0.2, -0.15) is 0 Å². The first-order valence-corrected chi connectivity index (χ1v) is 14.1. The average molecular weight is 501 g/mol. The summed E-state index contributed by atoms with van der Waals surface area (Å²) in [5.74, 6) is 0.872. The van der Waals surface area contributed by atoms with Gasteiger partial charge in [0.05, 0.1) is 29.4 Å². The van der Waals surface area contributed by atoms with Crippen LogP contribution in [-0.4, -0.2) is 54.1 Å². The van der Waals surface area contributed by atoms with E-state index in [-0.39, 0.29) is 5.91 Å². The van der Waals surface area contributed by atoms with E-state index in [4.69, 9.17) is 9.72 Å². The monoisotopic (exact) mass is 500 g/mol. The van der Waals surface area contributed by atoms with Crippen LogP contribution in [0, 0.1) is 0 Å². The van der Waals surface area contributed by atoms with Gasteiger partial charge in [0.15, 0.2) is 0 Å². The number of likely N-dealkylation sites (N-methyl/N-ethyl adjacent to an activating group) is 1. The summed E-state index contributed by atoms with van der Waals surface area (Å²) in [4.78, 5) is 27.2. The van der Waals surface area contributed by atoms with Gasteiger partial charge in [-0.25, -0.2) is 4.98 Å². The lowest BCUT2D eigenvalue weighted by Crippen LogP contribution is -2.38. The third-order valence-corrected chi connectivity index (χ3v) is 8.14. The number of aromatic nitrogens is 2. The highest BCUT2D eigenvalue weighted by atomic mass is 16.5. The maximum Gasteiger partial charge on any atom is 0.237 e. The standard InChI is InChI=1S/C31H40N4O2/c1-4-14-31(15-5-2)29-25-20-23(10-12-26(25)32-22-27(29)34(3)30(31)36)24-11-13-28(33-21-24)37-19-9-18-35-16-7-6-8-17-35/h10-13,20-22H,4-9,14-19H2,1-3H3. The Morgan fingerprint density at radius 3 is 2.41 bits per heavy atom. The summed E-state index contributed by atoms with van der Waals surface area (Å²) in [6.45, 7) is 8.57. The number of hydrogen-bond donors (Lipinski definition) is 0. The normalized spacial score (nSPS) is 17.4. The van der Waals surface area contributed by atoms with Gasteiger partial charge in [0.2, 0.25) is 11.8 Å². The largest absolute Gasteiger partial charge is 0.478 e. The topological polar surface area (TPSA) is 58.6 Å². The number of anilines is 1. The van der Waals surface area contributed by atoms with Crippen molar-refractivity contribution in [3.05, 3.63) is 48.3 Å². The molecule has 2 aromatic heterocycles. The first-order valence-electron chi connectivity index (χ1n) is 14.1. The average Bonchev–Trinajstić information content (AvgIpc) is 3.14. The van der Waals surface area contributed by atoms with Crippen LogP contribution in [0.3, 0.4) is 0 Å². The van der Waals surface area contributed by atoms with Crippen LogP contribution in [0.5, 0.6) is 5.88 Å². The Morgan fingerprint density at radius 1 is 0.946 bits per heavy atom. The number of benzene rings is 1. The summed E-state index contributed by atoms with van der Waals surface area (Å²) in [6, 6.07) is 10.4. The molecule has 5 rings (SSSR count). The van der Waals surface area contributed by atoms with Crippen molar-refractivity contribution in [3.63, 3.8) is 0 Å².